The Morgan fingerprint density at radius 3 is 2.84 bits per heavy atom. The number of aliphatic hydroxyl groups excluding tert-OH is 1. The molecule has 0 unspecified atom stereocenters. The van der Waals surface area contributed by atoms with Crippen LogP contribution in [0.1, 0.15) is 12.5 Å². The van der Waals surface area contributed by atoms with E-state index in [2.05, 4.69) is 9.73 Å². The van der Waals surface area contributed by atoms with E-state index >= 15 is 0 Å². The molecular formula is C14H12ClNO3. The van der Waals surface area contributed by atoms with Crippen molar-refractivity contribution in [3.05, 3.63) is 51.9 Å². The number of halogens is 1. The van der Waals surface area contributed by atoms with Gasteiger partial charge in [0, 0.05) is 5.02 Å². The predicted octanol–water partition coefficient (Wildman–Crippen LogP) is 3.14. The quantitative estimate of drug-likeness (QED) is 0.845. The van der Waals surface area contributed by atoms with E-state index in [1.807, 2.05) is 6.07 Å². The zero-order chi connectivity index (χ0) is 14.0. The number of aliphatic imine (C=N–C) groups is 1. The van der Waals surface area contributed by atoms with Gasteiger partial charge in [-0.05, 0) is 30.7 Å². The van der Waals surface area contributed by atoms with E-state index in [4.69, 9.17) is 11.6 Å². The molecule has 0 bridgehead atoms. The van der Waals surface area contributed by atoms with Crippen LogP contribution in [0.25, 0.3) is 6.08 Å². The molecular weight excluding hydrogens is 266 g/mol. The van der Waals surface area contributed by atoms with Gasteiger partial charge in [0.1, 0.15) is 11.3 Å². The van der Waals surface area contributed by atoms with Crippen molar-refractivity contribution in [2.45, 2.75) is 6.92 Å². The first-order valence-electron chi connectivity index (χ1n) is 5.58. The number of carbonyl (C=O) groups is 1. The van der Waals surface area contributed by atoms with Gasteiger partial charge in [0.15, 0.2) is 5.76 Å². The van der Waals surface area contributed by atoms with Gasteiger partial charge in [-0.3, -0.25) is 0 Å². The van der Waals surface area contributed by atoms with Gasteiger partial charge in [0.05, 0.1) is 12.8 Å². The fourth-order valence-corrected chi connectivity index (χ4v) is 1.99. The largest absolute Gasteiger partial charge is 0.505 e. The van der Waals surface area contributed by atoms with Gasteiger partial charge in [-0.2, -0.15) is 0 Å². The molecule has 5 heteroatoms. The summed E-state index contributed by atoms with van der Waals surface area (Å²) >= 11 is 5.88. The highest BCUT2D eigenvalue weighted by molar-refractivity contribution is 6.30. The molecule has 0 atom stereocenters. The molecule has 1 heterocycles. The topological polar surface area (TPSA) is 58.9 Å². The van der Waals surface area contributed by atoms with Crippen LogP contribution in [0.3, 0.4) is 0 Å². The molecule has 1 aromatic carbocycles. The van der Waals surface area contributed by atoms with Crippen molar-refractivity contribution in [3.8, 4) is 0 Å². The van der Waals surface area contributed by atoms with Crippen molar-refractivity contribution in [2.75, 3.05) is 7.11 Å². The molecule has 0 saturated carbocycles. The molecule has 0 aromatic heterocycles. The minimum absolute atomic E-state index is 0.0933. The molecule has 1 aromatic rings. The van der Waals surface area contributed by atoms with Crippen molar-refractivity contribution in [1.29, 1.82) is 0 Å². The number of esters is 1. The number of carbonyl (C=O) groups excluding carboxylic acids is 1. The normalized spacial score (nSPS) is 16.8. The average molecular weight is 278 g/mol. The molecule has 4 nitrogen and oxygen atoms in total. The SMILES string of the molecule is COC(=O)C1=C(O)/C(=C\c2cccc(Cl)c2)N=C1C. The molecule has 0 amide bonds. The summed E-state index contributed by atoms with van der Waals surface area (Å²) in [6.45, 7) is 1.64. The highest BCUT2D eigenvalue weighted by Crippen LogP contribution is 2.26. The summed E-state index contributed by atoms with van der Waals surface area (Å²) in [6.07, 6.45) is 1.65. The van der Waals surface area contributed by atoms with Crippen LogP contribution in [-0.2, 0) is 9.53 Å². The zero-order valence-electron chi connectivity index (χ0n) is 10.5. The van der Waals surface area contributed by atoms with Gasteiger partial charge in [0.2, 0.25) is 0 Å². The number of rotatable bonds is 2. The lowest BCUT2D eigenvalue weighted by Gasteiger charge is -2.00. The van der Waals surface area contributed by atoms with Gasteiger partial charge in [-0.1, -0.05) is 23.7 Å². The third-order valence-corrected chi connectivity index (χ3v) is 2.91. The van der Waals surface area contributed by atoms with Crippen LogP contribution in [-0.4, -0.2) is 23.9 Å². The minimum Gasteiger partial charge on any atom is -0.505 e. The van der Waals surface area contributed by atoms with Gasteiger partial charge < -0.3 is 9.84 Å². The van der Waals surface area contributed by atoms with Crippen molar-refractivity contribution >= 4 is 29.4 Å². The summed E-state index contributed by atoms with van der Waals surface area (Å²) in [5.74, 6) is -0.780. The van der Waals surface area contributed by atoms with E-state index in [1.165, 1.54) is 7.11 Å². The Morgan fingerprint density at radius 1 is 1.47 bits per heavy atom. The van der Waals surface area contributed by atoms with Gasteiger partial charge in [0.25, 0.3) is 0 Å². The Balaban J connectivity index is 2.43. The van der Waals surface area contributed by atoms with Crippen LogP contribution in [0.4, 0.5) is 0 Å². The Kier molecular flexibility index (Phi) is 3.71. The third-order valence-electron chi connectivity index (χ3n) is 2.67. The number of nitrogens with zero attached hydrogens (tertiary/aromatic N) is 1. The van der Waals surface area contributed by atoms with Crippen LogP contribution in [0.15, 0.2) is 46.3 Å². The highest BCUT2D eigenvalue weighted by atomic mass is 35.5. The molecule has 19 heavy (non-hydrogen) atoms. The predicted molar refractivity (Wildman–Crippen MR) is 74.2 cm³/mol. The standard InChI is InChI=1S/C14H12ClNO3/c1-8-12(14(18)19-2)13(17)11(16-8)7-9-4-3-5-10(15)6-9/h3-7,17H,1-2H3/b11-7+. The highest BCUT2D eigenvalue weighted by Gasteiger charge is 2.27. The van der Waals surface area contributed by atoms with Crippen LogP contribution in [0.5, 0.6) is 0 Å². The molecule has 0 spiro atoms. The maximum atomic E-state index is 11.5. The summed E-state index contributed by atoms with van der Waals surface area (Å²) in [7, 11) is 1.26. The molecule has 0 saturated heterocycles. The number of hydrogen-bond donors (Lipinski definition) is 1. The average Bonchev–Trinajstić information content (AvgIpc) is 2.64. The number of aliphatic hydroxyl groups is 1. The van der Waals surface area contributed by atoms with E-state index in [9.17, 15) is 9.90 Å². The summed E-state index contributed by atoms with van der Waals surface area (Å²) < 4.78 is 4.61. The summed E-state index contributed by atoms with van der Waals surface area (Å²) in [6, 6.07) is 7.11. The minimum atomic E-state index is -0.603. The van der Waals surface area contributed by atoms with E-state index in [-0.39, 0.29) is 11.3 Å². The van der Waals surface area contributed by atoms with Crippen LogP contribution < -0.4 is 0 Å². The number of methoxy groups -OCH3 is 1. The summed E-state index contributed by atoms with van der Waals surface area (Å²) in [4.78, 5) is 15.7. The molecule has 0 radical (unpaired) electrons. The molecule has 1 aliphatic rings. The summed E-state index contributed by atoms with van der Waals surface area (Å²) in [5, 5.41) is 10.6. The first kappa shape index (κ1) is 13.4. The van der Waals surface area contributed by atoms with Crippen molar-refractivity contribution in [2.24, 2.45) is 4.99 Å². The second-order valence-corrected chi connectivity index (χ2v) is 4.43. The molecule has 0 fully saturated rings. The maximum absolute atomic E-state index is 11.5. The van der Waals surface area contributed by atoms with Crippen LogP contribution >= 0.6 is 11.6 Å². The van der Waals surface area contributed by atoms with Gasteiger partial charge >= 0.3 is 5.97 Å². The Labute approximate surface area is 115 Å². The molecule has 98 valence electrons. The second kappa shape index (κ2) is 5.28. The molecule has 0 aliphatic carbocycles. The van der Waals surface area contributed by atoms with Crippen molar-refractivity contribution in [1.82, 2.24) is 0 Å². The van der Waals surface area contributed by atoms with Gasteiger partial charge in [-0.15, -0.1) is 0 Å². The van der Waals surface area contributed by atoms with E-state index in [1.54, 1.807) is 31.2 Å². The first-order valence-corrected chi connectivity index (χ1v) is 5.95. The second-order valence-electron chi connectivity index (χ2n) is 4.00. The Bertz CT molecular complexity index is 629. The fraction of sp³-hybridized carbons (Fsp3) is 0.143. The van der Waals surface area contributed by atoms with Gasteiger partial charge in [-0.25, -0.2) is 9.79 Å². The first-order chi connectivity index (χ1) is 9.02. The van der Waals surface area contributed by atoms with Crippen LogP contribution in [0, 0.1) is 0 Å². The smallest absolute Gasteiger partial charge is 0.343 e. The van der Waals surface area contributed by atoms with Crippen molar-refractivity contribution in [3.63, 3.8) is 0 Å². The lowest BCUT2D eigenvalue weighted by atomic mass is 10.1. The van der Waals surface area contributed by atoms with Crippen molar-refractivity contribution < 1.29 is 14.6 Å². The lowest BCUT2D eigenvalue weighted by molar-refractivity contribution is -0.135. The molecule has 1 aliphatic heterocycles. The van der Waals surface area contributed by atoms with Crippen LogP contribution in [0.2, 0.25) is 5.02 Å². The number of hydrogen-bond acceptors (Lipinski definition) is 4. The number of benzene rings is 1. The Hall–Kier alpha value is -2.07. The fourth-order valence-electron chi connectivity index (χ4n) is 1.79. The Morgan fingerprint density at radius 2 is 2.21 bits per heavy atom. The molecule has 2 rings (SSSR count). The number of ether oxygens (including phenoxy) is 1. The summed E-state index contributed by atoms with van der Waals surface area (Å²) in [5.41, 5.74) is 1.63. The maximum Gasteiger partial charge on any atom is 0.343 e. The lowest BCUT2D eigenvalue weighted by Crippen LogP contribution is -2.11. The zero-order valence-corrected chi connectivity index (χ0v) is 11.2. The monoisotopic (exact) mass is 277 g/mol. The molecule has 1 N–H and O–H groups in total. The van der Waals surface area contributed by atoms with E-state index in [0.29, 0.717) is 16.4 Å². The van der Waals surface area contributed by atoms with E-state index in [0.717, 1.165) is 5.56 Å². The van der Waals surface area contributed by atoms with E-state index < -0.39 is 5.97 Å². The third kappa shape index (κ3) is 2.69.